The fourth-order valence-electron chi connectivity index (χ4n) is 3.50. The summed E-state index contributed by atoms with van der Waals surface area (Å²) in [6, 6.07) is 20.2. The molecule has 0 bridgehead atoms. The molecule has 2 heterocycles. The van der Waals surface area contributed by atoms with E-state index in [0.29, 0.717) is 11.7 Å². The normalized spacial score (nSPS) is 10.8. The number of rotatable bonds is 8. The lowest BCUT2D eigenvalue weighted by atomic mass is 10.1. The lowest BCUT2D eigenvalue weighted by molar-refractivity contribution is -0.118. The van der Waals surface area contributed by atoms with Crippen molar-refractivity contribution in [3.63, 3.8) is 0 Å². The summed E-state index contributed by atoms with van der Waals surface area (Å²) in [5, 5.41) is 12.5. The molecule has 0 fully saturated rings. The second kappa shape index (κ2) is 10.2. The van der Waals surface area contributed by atoms with E-state index in [1.165, 1.54) is 22.9 Å². The monoisotopic (exact) mass is 443 g/mol. The Kier molecular flexibility index (Phi) is 6.97. The first-order chi connectivity index (χ1) is 15.6. The minimum atomic E-state index is -0.0217. The van der Waals surface area contributed by atoms with E-state index in [-0.39, 0.29) is 11.7 Å². The van der Waals surface area contributed by atoms with Gasteiger partial charge in [0.05, 0.1) is 11.4 Å². The topological polar surface area (TPSA) is 72.7 Å². The smallest absolute Gasteiger partial charge is 0.230 e. The maximum absolute atomic E-state index is 12.4. The molecule has 0 unspecified atom stereocenters. The molecule has 0 spiro atoms. The van der Waals surface area contributed by atoms with Gasteiger partial charge < -0.3 is 5.32 Å². The van der Waals surface area contributed by atoms with Crippen molar-refractivity contribution >= 4 is 17.7 Å². The van der Waals surface area contributed by atoms with Crippen LogP contribution in [-0.4, -0.2) is 38.0 Å². The molecule has 0 radical (unpaired) electrons. The molecule has 4 rings (SSSR count). The lowest BCUT2D eigenvalue weighted by Gasteiger charge is -2.13. The average molecular weight is 444 g/mol. The van der Waals surface area contributed by atoms with Crippen LogP contribution in [0.5, 0.6) is 0 Å². The van der Waals surface area contributed by atoms with Gasteiger partial charge in [-0.15, -0.1) is 10.2 Å². The fraction of sp³-hybridized carbons (Fsp3) is 0.200. The maximum atomic E-state index is 12.4. The van der Waals surface area contributed by atoms with Crippen molar-refractivity contribution in [3.05, 3.63) is 89.7 Å². The van der Waals surface area contributed by atoms with Crippen molar-refractivity contribution in [1.29, 1.82) is 0 Å². The van der Waals surface area contributed by atoms with Gasteiger partial charge in [-0.3, -0.25) is 14.3 Å². The summed E-state index contributed by atoms with van der Waals surface area (Å²) in [6.45, 7) is 4.75. The number of aryl methyl sites for hydroxylation is 2. The summed E-state index contributed by atoms with van der Waals surface area (Å²) >= 11 is 1.39. The molecule has 1 amide bonds. The van der Waals surface area contributed by atoms with Gasteiger partial charge in [-0.2, -0.15) is 0 Å². The number of thioether (sulfide) groups is 1. The summed E-state index contributed by atoms with van der Waals surface area (Å²) < 4.78 is 2.02. The van der Waals surface area contributed by atoms with E-state index >= 15 is 0 Å². The highest BCUT2D eigenvalue weighted by molar-refractivity contribution is 7.99. The molecule has 2 aromatic carbocycles. The SMILES string of the molecule is Cc1ccc(-n2c(SCC(=O)NCCc3ccccc3)nnc2-c2ccncc2)c(C)c1. The van der Waals surface area contributed by atoms with Crippen molar-refractivity contribution in [2.75, 3.05) is 12.3 Å². The van der Waals surface area contributed by atoms with Crippen LogP contribution in [0.3, 0.4) is 0 Å². The highest BCUT2D eigenvalue weighted by Gasteiger charge is 2.18. The van der Waals surface area contributed by atoms with E-state index in [1.54, 1.807) is 12.4 Å². The second-order valence-electron chi connectivity index (χ2n) is 7.54. The number of aromatic nitrogens is 4. The highest BCUT2D eigenvalue weighted by atomic mass is 32.2. The van der Waals surface area contributed by atoms with E-state index in [0.717, 1.165) is 29.1 Å². The quantitative estimate of drug-likeness (QED) is 0.409. The molecular weight excluding hydrogens is 418 g/mol. The lowest BCUT2D eigenvalue weighted by Crippen LogP contribution is -2.27. The Bertz CT molecular complexity index is 1190. The number of nitrogens with one attached hydrogen (secondary N) is 1. The molecule has 0 saturated carbocycles. The Balaban J connectivity index is 1.51. The number of pyridine rings is 1. The number of carbonyl (C=O) groups excluding carboxylic acids is 1. The molecule has 0 atom stereocenters. The first-order valence-electron chi connectivity index (χ1n) is 10.5. The number of hydrogen-bond acceptors (Lipinski definition) is 5. The largest absolute Gasteiger partial charge is 0.355 e. The minimum absolute atomic E-state index is 0.0217. The minimum Gasteiger partial charge on any atom is -0.355 e. The molecule has 0 aliphatic heterocycles. The van der Waals surface area contributed by atoms with Gasteiger partial charge in [0.1, 0.15) is 0 Å². The Morgan fingerprint density at radius 3 is 2.53 bits per heavy atom. The molecule has 4 aromatic rings. The van der Waals surface area contributed by atoms with Crippen LogP contribution in [0.2, 0.25) is 0 Å². The number of amides is 1. The Morgan fingerprint density at radius 2 is 1.78 bits per heavy atom. The van der Waals surface area contributed by atoms with Crippen LogP contribution in [0, 0.1) is 13.8 Å². The second-order valence-corrected chi connectivity index (χ2v) is 8.48. The first kappa shape index (κ1) is 21.8. The van der Waals surface area contributed by atoms with Crippen LogP contribution in [-0.2, 0) is 11.2 Å². The molecule has 0 aliphatic rings. The zero-order chi connectivity index (χ0) is 22.3. The Labute approximate surface area is 192 Å². The molecular formula is C25H25N5OS. The van der Waals surface area contributed by atoms with Crippen LogP contribution in [0.25, 0.3) is 17.1 Å². The van der Waals surface area contributed by atoms with E-state index < -0.39 is 0 Å². The summed E-state index contributed by atoms with van der Waals surface area (Å²) in [5.41, 5.74) is 5.44. The zero-order valence-corrected chi connectivity index (χ0v) is 19.0. The van der Waals surface area contributed by atoms with Gasteiger partial charge in [-0.25, -0.2) is 0 Å². The van der Waals surface area contributed by atoms with Crippen molar-refractivity contribution in [2.24, 2.45) is 0 Å². The third-order valence-electron chi connectivity index (χ3n) is 5.08. The van der Waals surface area contributed by atoms with E-state index in [9.17, 15) is 4.79 Å². The molecule has 6 nitrogen and oxygen atoms in total. The number of benzene rings is 2. The number of hydrogen-bond donors (Lipinski definition) is 1. The van der Waals surface area contributed by atoms with E-state index in [1.807, 2.05) is 34.9 Å². The van der Waals surface area contributed by atoms with Gasteiger partial charge in [0.25, 0.3) is 0 Å². The maximum Gasteiger partial charge on any atom is 0.230 e. The molecule has 1 N–H and O–H groups in total. The van der Waals surface area contributed by atoms with Gasteiger partial charge in [0.2, 0.25) is 5.91 Å². The Hall–Kier alpha value is -3.45. The van der Waals surface area contributed by atoms with Crippen molar-refractivity contribution in [2.45, 2.75) is 25.4 Å². The standard InChI is InChI=1S/C25H25N5OS/c1-18-8-9-22(19(2)16-18)30-24(21-11-13-26-14-12-21)28-29-25(30)32-17-23(31)27-15-10-20-6-4-3-5-7-20/h3-9,11-14,16H,10,15,17H2,1-2H3,(H,27,31). The summed E-state index contributed by atoms with van der Waals surface area (Å²) in [4.78, 5) is 16.5. The predicted octanol–water partition coefficient (Wildman–Crippen LogP) is 4.40. The van der Waals surface area contributed by atoms with Crippen LogP contribution in [0.1, 0.15) is 16.7 Å². The van der Waals surface area contributed by atoms with Crippen LogP contribution in [0.4, 0.5) is 0 Å². The summed E-state index contributed by atoms with van der Waals surface area (Å²) in [5.74, 6) is 0.978. The van der Waals surface area contributed by atoms with Crippen LogP contribution in [0.15, 0.2) is 78.2 Å². The summed E-state index contributed by atoms with van der Waals surface area (Å²) in [7, 11) is 0. The van der Waals surface area contributed by atoms with E-state index in [4.69, 9.17) is 0 Å². The molecule has 162 valence electrons. The molecule has 32 heavy (non-hydrogen) atoms. The summed E-state index contributed by atoms with van der Waals surface area (Å²) in [6.07, 6.45) is 4.29. The zero-order valence-electron chi connectivity index (χ0n) is 18.2. The first-order valence-corrected chi connectivity index (χ1v) is 11.5. The molecule has 7 heteroatoms. The fourth-order valence-corrected chi connectivity index (χ4v) is 4.27. The predicted molar refractivity (Wildman–Crippen MR) is 128 cm³/mol. The molecule has 2 aromatic heterocycles. The van der Waals surface area contributed by atoms with Crippen molar-refractivity contribution < 1.29 is 4.79 Å². The van der Waals surface area contributed by atoms with E-state index in [2.05, 4.69) is 64.7 Å². The van der Waals surface area contributed by atoms with Gasteiger partial charge in [0, 0.05) is 24.5 Å². The van der Waals surface area contributed by atoms with Gasteiger partial charge in [0.15, 0.2) is 11.0 Å². The molecule has 0 saturated heterocycles. The highest BCUT2D eigenvalue weighted by Crippen LogP contribution is 2.29. The van der Waals surface area contributed by atoms with Crippen molar-refractivity contribution in [3.8, 4) is 17.1 Å². The third-order valence-corrected chi connectivity index (χ3v) is 6.01. The molecule has 0 aliphatic carbocycles. The number of nitrogens with zero attached hydrogens (tertiary/aromatic N) is 4. The van der Waals surface area contributed by atoms with Crippen LogP contribution >= 0.6 is 11.8 Å². The van der Waals surface area contributed by atoms with Gasteiger partial charge in [-0.1, -0.05) is 59.8 Å². The van der Waals surface area contributed by atoms with Gasteiger partial charge in [-0.05, 0) is 49.6 Å². The van der Waals surface area contributed by atoms with Gasteiger partial charge >= 0.3 is 0 Å². The van der Waals surface area contributed by atoms with Crippen molar-refractivity contribution in [1.82, 2.24) is 25.1 Å². The average Bonchev–Trinajstić information content (AvgIpc) is 3.23. The number of carbonyl (C=O) groups is 1. The Morgan fingerprint density at radius 1 is 1.00 bits per heavy atom. The van der Waals surface area contributed by atoms with Crippen LogP contribution < -0.4 is 5.32 Å². The third kappa shape index (κ3) is 5.23.